The molecule has 0 saturated carbocycles. The first-order valence-electron chi connectivity index (χ1n) is 8.95. The SMILES string of the molecule is N#Cc1c(-c2ccccc2)cc(-c2ccccc2)nc1SC(=O)c1ccccn1. The summed E-state index contributed by atoms with van der Waals surface area (Å²) < 4.78 is 0. The molecule has 138 valence electrons. The van der Waals surface area contributed by atoms with Gasteiger partial charge in [-0.3, -0.25) is 9.78 Å². The van der Waals surface area contributed by atoms with E-state index in [0.717, 1.165) is 28.5 Å². The third kappa shape index (κ3) is 4.08. The molecule has 4 aromatic rings. The van der Waals surface area contributed by atoms with E-state index >= 15 is 0 Å². The Morgan fingerprint density at radius 1 is 0.862 bits per heavy atom. The monoisotopic (exact) mass is 393 g/mol. The van der Waals surface area contributed by atoms with Crippen molar-refractivity contribution in [2.45, 2.75) is 5.03 Å². The quantitative estimate of drug-likeness (QED) is 0.421. The van der Waals surface area contributed by atoms with Gasteiger partial charge in [-0.1, -0.05) is 66.7 Å². The highest BCUT2D eigenvalue weighted by atomic mass is 32.2. The summed E-state index contributed by atoms with van der Waals surface area (Å²) in [5.41, 5.74) is 3.98. The van der Waals surface area contributed by atoms with E-state index in [2.05, 4.69) is 16.0 Å². The van der Waals surface area contributed by atoms with Crippen molar-refractivity contribution in [1.82, 2.24) is 9.97 Å². The molecule has 0 bridgehead atoms. The lowest BCUT2D eigenvalue weighted by atomic mass is 9.99. The summed E-state index contributed by atoms with van der Waals surface area (Å²) in [6.07, 6.45) is 1.57. The van der Waals surface area contributed by atoms with Crippen molar-refractivity contribution in [3.05, 3.63) is 102 Å². The van der Waals surface area contributed by atoms with Crippen molar-refractivity contribution in [2.24, 2.45) is 0 Å². The minimum atomic E-state index is -0.251. The maximum Gasteiger partial charge on any atom is 0.243 e. The predicted molar refractivity (Wildman–Crippen MR) is 114 cm³/mol. The summed E-state index contributed by atoms with van der Waals surface area (Å²) in [5.74, 6) is 0. The molecule has 0 aliphatic heterocycles. The number of aromatic nitrogens is 2. The van der Waals surface area contributed by atoms with Gasteiger partial charge < -0.3 is 0 Å². The third-order valence-electron chi connectivity index (χ3n) is 4.32. The van der Waals surface area contributed by atoms with Crippen LogP contribution in [0.15, 0.2) is 96.2 Å². The van der Waals surface area contributed by atoms with Crippen LogP contribution < -0.4 is 0 Å². The predicted octanol–water partition coefficient (Wildman–Crippen LogP) is 5.61. The summed E-state index contributed by atoms with van der Waals surface area (Å²) in [5, 5.41) is 10.0. The van der Waals surface area contributed by atoms with Crippen LogP contribution in [0.2, 0.25) is 0 Å². The average Bonchev–Trinajstić information content (AvgIpc) is 2.80. The molecule has 4 rings (SSSR count). The van der Waals surface area contributed by atoms with Crippen molar-refractivity contribution in [1.29, 1.82) is 5.26 Å². The van der Waals surface area contributed by atoms with E-state index in [0.29, 0.717) is 22.0 Å². The van der Waals surface area contributed by atoms with E-state index in [1.165, 1.54) is 0 Å². The number of pyridine rings is 2. The number of nitrogens with zero attached hydrogens (tertiary/aromatic N) is 3. The highest BCUT2D eigenvalue weighted by molar-refractivity contribution is 8.14. The highest BCUT2D eigenvalue weighted by Gasteiger charge is 2.19. The Morgan fingerprint density at radius 2 is 1.52 bits per heavy atom. The van der Waals surface area contributed by atoms with Crippen LogP contribution in [0.4, 0.5) is 0 Å². The first-order chi connectivity index (χ1) is 14.3. The first-order valence-corrected chi connectivity index (χ1v) is 9.77. The molecule has 0 amide bonds. The molecule has 4 nitrogen and oxygen atoms in total. The Hall–Kier alpha value is -3.75. The van der Waals surface area contributed by atoms with Crippen LogP contribution in [-0.4, -0.2) is 15.1 Å². The minimum Gasteiger partial charge on any atom is -0.279 e. The average molecular weight is 393 g/mol. The van der Waals surface area contributed by atoms with Gasteiger partial charge in [-0.25, -0.2) is 4.98 Å². The van der Waals surface area contributed by atoms with Crippen LogP contribution in [0.3, 0.4) is 0 Å². The Balaban J connectivity index is 1.87. The lowest BCUT2D eigenvalue weighted by molar-refractivity contribution is 0.108. The number of benzene rings is 2. The van der Waals surface area contributed by atoms with Crippen LogP contribution in [0.5, 0.6) is 0 Å². The summed E-state index contributed by atoms with van der Waals surface area (Å²) in [7, 11) is 0. The Kier molecular flexibility index (Phi) is 5.46. The maximum atomic E-state index is 12.7. The molecule has 0 aliphatic carbocycles. The largest absolute Gasteiger partial charge is 0.279 e. The fourth-order valence-electron chi connectivity index (χ4n) is 2.93. The molecule has 0 spiro atoms. The number of carbonyl (C=O) groups excluding carboxylic acids is 1. The van der Waals surface area contributed by atoms with E-state index in [1.54, 1.807) is 24.4 Å². The maximum absolute atomic E-state index is 12.7. The molecule has 0 radical (unpaired) electrons. The molecular formula is C24H15N3OS. The number of carbonyl (C=O) groups is 1. The van der Waals surface area contributed by atoms with Crippen LogP contribution in [0.25, 0.3) is 22.4 Å². The summed E-state index contributed by atoms with van der Waals surface area (Å²) in [6.45, 7) is 0. The molecule has 2 heterocycles. The zero-order chi connectivity index (χ0) is 20.1. The summed E-state index contributed by atoms with van der Waals surface area (Å²) in [6, 6.07) is 28.7. The van der Waals surface area contributed by atoms with Crippen LogP contribution in [0, 0.1) is 11.3 Å². The first kappa shape index (κ1) is 18.6. The van der Waals surface area contributed by atoms with Crippen LogP contribution in [-0.2, 0) is 0 Å². The van der Waals surface area contributed by atoms with Gasteiger partial charge in [0, 0.05) is 17.3 Å². The van der Waals surface area contributed by atoms with Gasteiger partial charge in [0.05, 0.1) is 11.3 Å². The van der Waals surface area contributed by atoms with Gasteiger partial charge in [-0.2, -0.15) is 5.26 Å². The number of hydrogen-bond acceptors (Lipinski definition) is 5. The number of hydrogen-bond donors (Lipinski definition) is 0. The second kappa shape index (κ2) is 8.51. The van der Waals surface area contributed by atoms with E-state index in [9.17, 15) is 10.1 Å². The fourth-order valence-corrected chi connectivity index (χ4v) is 3.73. The standard InChI is InChI=1S/C24H15N3OS/c25-16-20-19(17-9-3-1-4-10-17)15-22(18-11-5-2-6-12-18)27-23(20)29-24(28)21-13-7-8-14-26-21/h1-15H. The van der Waals surface area contributed by atoms with E-state index in [1.807, 2.05) is 66.7 Å². The fraction of sp³-hybridized carbons (Fsp3) is 0. The van der Waals surface area contributed by atoms with Gasteiger partial charge in [-0.05, 0) is 35.5 Å². The smallest absolute Gasteiger partial charge is 0.243 e. The normalized spacial score (nSPS) is 10.3. The summed E-state index contributed by atoms with van der Waals surface area (Å²) in [4.78, 5) is 21.5. The Bertz CT molecular complexity index is 1190. The molecule has 2 aromatic heterocycles. The molecular weight excluding hydrogens is 378 g/mol. The Labute approximate surface area is 172 Å². The molecule has 0 N–H and O–H groups in total. The van der Waals surface area contributed by atoms with Crippen LogP contribution >= 0.6 is 11.8 Å². The van der Waals surface area contributed by atoms with Crippen molar-refractivity contribution in [3.63, 3.8) is 0 Å². The molecule has 0 atom stereocenters. The zero-order valence-corrected chi connectivity index (χ0v) is 16.1. The van der Waals surface area contributed by atoms with Gasteiger partial charge in [0.15, 0.2) is 0 Å². The van der Waals surface area contributed by atoms with Crippen molar-refractivity contribution < 1.29 is 4.79 Å². The van der Waals surface area contributed by atoms with Gasteiger partial charge in [-0.15, -0.1) is 0 Å². The van der Waals surface area contributed by atoms with E-state index < -0.39 is 0 Å². The molecule has 5 heteroatoms. The van der Waals surface area contributed by atoms with Gasteiger partial charge in [0.25, 0.3) is 0 Å². The Morgan fingerprint density at radius 3 is 2.14 bits per heavy atom. The summed E-state index contributed by atoms with van der Waals surface area (Å²) >= 11 is 0.931. The van der Waals surface area contributed by atoms with Crippen LogP contribution in [0.1, 0.15) is 16.1 Å². The minimum absolute atomic E-state index is 0.251. The van der Waals surface area contributed by atoms with E-state index in [-0.39, 0.29) is 5.12 Å². The molecule has 0 unspecified atom stereocenters. The van der Waals surface area contributed by atoms with Crippen molar-refractivity contribution in [3.8, 4) is 28.5 Å². The molecule has 29 heavy (non-hydrogen) atoms. The van der Waals surface area contributed by atoms with E-state index in [4.69, 9.17) is 0 Å². The second-order valence-corrected chi connectivity index (χ2v) is 7.15. The lowest BCUT2D eigenvalue weighted by Crippen LogP contribution is -2.01. The van der Waals surface area contributed by atoms with Gasteiger partial charge in [0.2, 0.25) is 5.12 Å². The topological polar surface area (TPSA) is 66.6 Å². The third-order valence-corrected chi connectivity index (χ3v) is 5.20. The zero-order valence-electron chi connectivity index (χ0n) is 15.3. The lowest BCUT2D eigenvalue weighted by Gasteiger charge is -2.12. The van der Waals surface area contributed by atoms with Gasteiger partial charge >= 0.3 is 0 Å². The van der Waals surface area contributed by atoms with Crippen molar-refractivity contribution >= 4 is 16.9 Å². The molecule has 2 aromatic carbocycles. The number of thioether (sulfide) groups is 1. The van der Waals surface area contributed by atoms with Crippen molar-refractivity contribution in [2.75, 3.05) is 0 Å². The molecule has 0 fully saturated rings. The molecule has 0 aliphatic rings. The highest BCUT2D eigenvalue weighted by Crippen LogP contribution is 2.35. The van der Waals surface area contributed by atoms with Gasteiger partial charge in [0.1, 0.15) is 16.8 Å². The number of nitriles is 1. The molecule has 0 saturated heterocycles. The second-order valence-electron chi connectivity index (χ2n) is 6.18. The number of rotatable bonds is 4.